The lowest BCUT2D eigenvalue weighted by molar-refractivity contribution is -0.122. The van der Waals surface area contributed by atoms with Gasteiger partial charge in [-0.1, -0.05) is 11.2 Å². The highest BCUT2D eigenvalue weighted by atomic mass is 16.2. The molecule has 1 fully saturated rings. The smallest absolute Gasteiger partial charge is 0.253 e. The van der Waals surface area contributed by atoms with E-state index in [9.17, 15) is 14.4 Å². The van der Waals surface area contributed by atoms with Crippen LogP contribution in [0.5, 0.6) is 0 Å². The number of carbonyl (C=O) groups is 1. The van der Waals surface area contributed by atoms with E-state index < -0.39 is 16.4 Å². The van der Waals surface area contributed by atoms with Gasteiger partial charge < -0.3 is 9.80 Å². The van der Waals surface area contributed by atoms with Crippen molar-refractivity contribution in [2.24, 2.45) is 11.0 Å². The molecule has 2 atom stereocenters. The lowest BCUT2D eigenvalue weighted by Crippen LogP contribution is -2.46. The van der Waals surface area contributed by atoms with Gasteiger partial charge in [0.25, 0.3) is 10.9 Å². The van der Waals surface area contributed by atoms with Crippen molar-refractivity contribution in [3.8, 4) is 0 Å². The molecule has 0 radical (unpaired) electrons. The van der Waals surface area contributed by atoms with Gasteiger partial charge in [0.2, 0.25) is 0 Å². The first-order valence-corrected chi connectivity index (χ1v) is 7.24. The van der Waals surface area contributed by atoms with E-state index in [0.29, 0.717) is 24.3 Å². The second-order valence-electron chi connectivity index (χ2n) is 6.02. The third-order valence-corrected chi connectivity index (χ3v) is 4.46. The van der Waals surface area contributed by atoms with Gasteiger partial charge in [-0.3, -0.25) is 14.4 Å². The predicted octanol–water partition coefficient (Wildman–Crippen LogP) is 0.999. The highest BCUT2D eigenvalue weighted by Gasteiger charge is 2.51. The Hall–Kier alpha value is -2.60. The summed E-state index contributed by atoms with van der Waals surface area (Å²) in [6.07, 6.45) is 2.13. The molecule has 8 heteroatoms. The fourth-order valence-electron chi connectivity index (χ4n) is 3.28. The van der Waals surface area contributed by atoms with Crippen molar-refractivity contribution in [3.63, 3.8) is 0 Å². The van der Waals surface area contributed by atoms with E-state index in [4.69, 9.17) is 5.53 Å². The Labute approximate surface area is 133 Å². The Morgan fingerprint density at radius 3 is 2.65 bits per heavy atom. The van der Waals surface area contributed by atoms with E-state index in [-0.39, 0.29) is 18.2 Å². The monoisotopic (exact) mass is 317 g/mol. The molecule has 1 aliphatic heterocycles. The van der Waals surface area contributed by atoms with Crippen molar-refractivity contribution in [1.29, 1.82) is 0 Å². The van der Waals surface area contributed by atoms with E-state index in [0.717, 1.165) is 0 Å². The normalized spacial score (nSPS) is 23.6. The van der Waals surface area contributed by atoms with Gasteiger partial charge in [-0.05, 0) is 24.8 Å². The lowest BCUT2D eigenvalue weighted by Gasteiger charge is -2.27. The van der Waals surface area contributed by atoms with Gasteiger partial charge in [-0.25, -0.2) is 0 Å². The van der Waals surface area contributed by atoms with Crippen LogP contribution in [0.2, 0.25) is 0 Å². The highest BCUT2D eigenvalue weighted by molar-refractivity contribution is 5.89. The van der Waals surface area contributed by atoms with E-state index in [1.807, 2.05) is 0 Å². The van der Waals surface area contributed by atoms with Gasteiger partial charge in [0.15, 0.2) is 0 Å². The third kappa shape index (κ3) is 2.41. The van der Waals surface area contributed by atoms with Gasteiger partial charge in [0, 0.05) is 32.1 Å². The predicted molar refractivity (Wildman–Crippen MR) is 88.8 cm³/mol. The van der Waals surface area contributed by atoms with Gasteiger partial charge >= 0.3 is 0 Å². The average molecular weight is 317 g/mol. The number of nitrogens with zero attached hydrogens (tertiary/aromatic N) is 5. The highest BCUT2D eigenvalue weighted by Crippen LogP contribution is 2.39. The van der Waals surface area contributed by atoms with Crippen molar-refractivity contribution in [2.75, 3.05) is 37.0 Å². The fourth-order valence-corrected chi connectivity index (χ4v) is 3.28. The zero-order valence-corrected chi connectivity index (χ0v) is 13.4. The largest absolute Gasteiger partial charge is 0.373 e. The molecule has 0 spiro atoms. The van der Waals surface area contributed by atoms with Crippen LogP contribution in [0.3, 0.4) is 0 Å². The van der Waals surface area contributed by atoms with Crippen molar-refractivity contribution in [2.45, 2.75) is 18.9 Å². The zero-order valence-electron chi connectivity index (χ0n) is 13.4. The average Bonchev–Trinajstić information content (AvgIpc) is 2.83. The van der Waals surface area contributed by atoms with Crippen molar-refractivity contribution in [3.05, 3.63) is 43.5 Å². The molecule has 1 aliphatic rings. The molecule has 2 rings (SSSR count). The molecule has 1 aromatic rings. The maximum absolute atomic E-state index is 12.2. The number of allylic oxidation sites excluding steroid dienone is 1. The maximum Gasteiger partial charge on any atom is 0.253 e. The van der Waals surface area contributed by atoms with Crippen LogP contribution >= 0.6 is 0 Å². The molecule has 0 saturated carbocycles. The van der Waals surface area contributed by atoms with E-state index in [1.54, 1.807) is 30.0 Å². The number of anilines is 2. The van der Waals surface area contributed by atoms with Crippen LogP contribution in [0.25, 0.3) is 10.4 Å². The summed E-state index contributed by atoms with van der Waals surface area (Å²) < 4.78 is 0. The number of Topliss-reactive ketones (excluding diaryl/α,β-unsaturated/α-hetero) is 1. The summed E-state index contributed by atoms with van der Waals surface area (Å²) in [5.41, 5.74) is 7.16. The molecule has 8 nitrogen and oxygen atoms in total. The number of carbonyl (C=O) groups excluding carboxylic acids is 1. The summed E-state index contributed by atoms with van der Waals surface area (Å²) in [5.74, 6) is -0.539. The van der Waals surface area contributed by atoms with Crippen LogP contribution in [0.15, 0.2) is 27.4 Å². The minimum Gasteiger partial charge on any atom is -0.373 e. The molecule has 0 aromatic heterocycles. The van der Waals surface area contributed by atoms with Gasteiger partial charge in [-0.15, -0.1) is 6.58 Å². The first-order chi connectivity index (χ1) is 10.8. The summed E-state index contributed by atoms with van der Waals surface area (Å²) in [6, 6.07) is 0. The molecular weight excluding hydrogens is 298 g/mol. The molecule has 1 saturated heterocycles. The molecular formula is C15H19N5O3. The lowest BCUT2D eigenvalue weighted by atomic mass is 9.82. The van der Waals surface area contributed by atoms with Crippen molar-refractivity contribution < 1.29 is 4.79 Å². The number of hydrogen-bond donors (Lipinski definition) is 0. The zero-order chi connectivity index (χ0) is 17.4. The van der Waals surface area contributed by atoms with Gasteiger partial charge in [-0.2, -0.15) is 0 Å². The molecule has 23 heavy (non-hydrogen) atoms. The van der Waals surface area contributed by atoms with E-state index in [1.165, 1.54) is 6.92 Å². The van der Waals surface area contributed by atoms with Crippen LogP contribution in [-0.4, -0.2) is 38.5 Å². The minimum atomic E-state index is -1.24. The first kappa shape index (κ1) is 16.8. The van der Waals surface area contributed by atoms with E-state index >= 15 is 0 Å². The van der Waals surface area contributed by atoms with Crippen LogP contribution in [0.1, 0.15) is 13.3 Å². The standard InChI is InChI=1S/C15H19N5O3/c1-5-6-10-7-20(8-15(10,9(2)21)17-18-16)12-11(19(3)4)13(22)14(12)23/h5,10H,1,6-8H2,2-4H3/t10-,15+/m0/s1. The molecule has 0 N–H and O–H groups in total. The number of ketones is 1. The third-order valence-electron chi connectivity index (χ3n) is 4.46. The number of hydrogen-bond acceptors (Lipinski definition) is 6. The summed E-state index contributed by atoms with van der Waals surface area (Å²) in [7, 11) is 3.37. The number of rotatable bonds is 6. The SMILES string of the molecule is C=CC[C@H]1CN(c2c(N(C)C)c(=O)c2=O)C[C@@]1(N=[N+]=[N-])C(C)=O. The topological polar surface area (TPSA) is 106 Å². The molecule has 1 heterocycles. The number of azide groups is 1. The molecule has 0 unspecified atom stereocenters. The minimum absolute atomic E-state index is 0.0938. The van der Waals surface area contributed by atoms with Crippen LogP contribution in [0, 0.1) is 5.92 Å². The maximum atomic E-state index is 12.2. The second-order valence-corrected chi connectivity index (χ2v) is 6.02. The Balaban J connectivity index is 2.50. The summed E-state index contributed by atoms with van der Waals surface area (Å²) in [5, 5.41) is 3.77. The quantitative estimate of drug-likeness (QED) is 0.256. The van der Waals surface area contributed by atoms with Gasteiger partial charge in [0.1, 0.15) is 22.7 Å². The molecule has 122 valence electrons. The van der Waals surface area contributed by atoms with Crippen LogP contribution in [0.4, 0.5) is 11.4 Å². The summed E-state index contributed by atoms with van der Waals surface area (Å²) in [4.78, 5) is 42.0. The van der Waals surface area contributed by atoms with Crippen molar-refractivity contribution >= 4 is 17.2 Å². The molecule has 1 aromatic carbocycles. The fraction of sp³-hybridized carbons (Fsp3) is 0.533. The molecule has 0 amide bonds. The van der Waals surface area contributed by atoms with Crippen molar-refractivity contribution in [1.82, 2.24) is 0 Å². The first-order valence-electron chi connectivity index (χ1n) is 7.24. The summed E-state index contributed by atoms with van der Waals surface area (Å²) >= 11 is 0. The van der Waals surface area contributed by atoms with Crippen LogP contribution in [-0.2, 0) is 4.79 Å². The Kier molecular flexibility index (Phi) is 4.29. The van der Waals surface area contributed by atoms with E-state index in [2.05, 4.69) is 16.6 Å². The van der Waals surface area contributed by atoms with Gasteiger partial charge in [0.05, 0.1) is 0 Å². The summed E-state index contributed by atoms with van der Waals surface area (Å²) in [6.45, 7) is 5.51. The Morgan fingerprint density at radius 2 is 2.17 bits per heavy atom. The molecule has 0 bridgehead atoms. The Morgan fingerprint density at radius 1 is 1.52 bits per heavy atom. The second kappa shape index (κ2) is 5.89. The Bertz CT molecular complexity index is 767. The molecule has 0 aliphatic carbocycles. The van der Waals surface area contributed by atoms with Crippen LogP contribution < -0.4 is 20.7 Å².